The van der Waals surface area contributed by atoms with Crippen LogP contribution in [-0.2, 0) is 29.5 Å². The molecule has 1 N–H and O–H groups in total. The SMILES string of the molecule is COC(=O)[C@@H](C)Sc1nc2c(c(=O)[nH]c(=O)n2C)n1CCCc1ccccc1. The van der Waals surface area contributed by atoms with E-state index in [4.69, 9.17) is 4.74 Å². The van der Waals surface area contributed by atoms with Crippen LogP contribution >= 0.6 is 11.8 Å². The van der Waals surface area contributed by atoms with Crippen LogP contribution in [0.3, 0.4) is 0 Å². The van der Waals surface area contributed by atoms with E-state index in [1.807, 2.05) is 18.2 Å². The van der Waals surface area contributed by atoms with E-state index < -0.39 is 16.5 Å². The van der Waals surface area contributed by atoms with Crippen molar-refractivity contribution in [3.8, 4) is 0 Å². The van der Waals surface area contributed by atoms with E-state index in [1.165, 1.54) is 29.0 Å². The molecule has 0 amide bonds. The van der Waals surface area contributed by atoms with E-state index in [2.05, 4.69) is 22.1 Å². The van der Waals surface area contributed by atoms with Gasteiger partial charge in [-0.1, -0.05) is 42.1 Å². The molecule has 0 spiro atoms. The number of nitrogens with one attached hydrogen (secondary N) is 1. The third-order valence-electron chi connectivity index (χ3n) is 4.48. The first-order chi connectivity index (χ1) is 13.4. The molecular weight excluding hydrogens is 380 g/mol. The van der Waals surface area contributed by atoms with Crippen LogP contribution in [-0.4, -0.2) is 37.4 Å². The van der Waals surface area contributed by atoms with Gasteiger partial charge in [-0.2, -0.15) is 0 Å². The second-order valence-electron chi connectivity index (χ2n) is 6.41. The van der Waals surface area contributed by atoms with Gasteiger partial charge in [0, 0.05) is 13.6 Å². The Balaban J connectivity index is 1.98. The molecule has 0 aliphatic carbocycles. The van der Waals surface area contributed by atoms with Gasteiger partial charge in [0.05, 0.1) is 7.11 Å². The zero-order chi connectivity index (χ0) is 20.3. The number of aromatic amines is 1. The number of benzene rings is 1. The van der Waals surface area contributed by atoms with Gasteiger partial charge in [0.2, 0.25) is 0 Å². The lowest BCUT2D eigenvalue weighted by atomic mass is 10.1. The van der Waals surface area contributed by atoms with Crippen molar-refractivity contribution in [2.45, 2.75) is 36.7 Å². The molecule has 3 rings (SSSR count). The molecule has 1 aromatic carbocycles. The Kier molecular flexibility index (Phi) is 6.03. The van der Waals surface area contributed by atoms with E-state index in [-0.39, 0.29) is 5.97 Å². The van der Waals surface area contributed by atoms with Gasteiger partial charge in [0.25, 0.3) is 5.56 Å². The van der Waals surface area contributed by atoms with Crippen molar-refractivity contribution in [3.63, 3.8) is 0 Å². The fraction of sp³-hybridized carbons (Fsp3) is 0.368. The highest BCUT2D eigenvalue weighted by Crippen LogP contribution is 2.26. The number of aromatic nitrogens is 4. The molecule has 0 aliphatic heterocycles. The lowest BCUT2D eigenvalue weighted by molar-refractivity contribution is -0.139. The number of carbonyl (C=O) groups is 1. The monoisotopic (exact) mass is 402 g/mol. The lowest BCUT2D eigenvalue weighted by Crippen LogP contribution is -2.29. The molecule has 0 bridgehead atoms. The van der Waals surface area contributed by atoms with Crippen LogP contribution < -0.4 is 11.2 Å². The normalized spacial score (nSPS) is 12.2. The molecule has 2 heterocycles. The van der Waals surface area contributed by atoms with E-state index in [0.717, 1.165) is 12.8 Å². The molecule has 1 atom stereocenters. The van der Waals surface area contributed by atoms with E-state index >= 15 is 0 Å². The van der Waals surface area contributed by atoms with Crippen LogP contribution in [0.1, 0.15) is 18.9 Å². The number of hydrogen-bond donors (Lipinski definition) is 1. The van der Waals surface area contributed by atoms with Gasteiger partial charge in [0.15, 0.2) is 16.3 Å². The average molecular weight is 402 g/mol. The van der Waals surface area contributed by atoms with E-state index in [1.54, 1.807) is 18.5 Å². The van der Waals surface area contributed by atoms with E-state index in [0.29, 0.717) is 22.9 Å². The van der Waals surface area contributed by atoms with Crippen molar-refractivity contribution in [2.24, 2.45) is 7.05 Å². The third-order valence-corrected chi connectivity index (χ3v) is 5.55. The van der Waals surface area contributed by atoms with Crippen molar-refractivity contribution in [2.75, 3.05) is 7.11 Å². The van der Waals surface area contributed by atoms with Crippen molar-refractivity contribution < 1.29 is 9.53 Å². The predicted octanol–water partition coefficient (Wildman–Crippen LogP) is 1.71. The second-order valence-corrected chi connectivity index (χ2v) is 7.72. The van der Waals surface area contributed by atoms with Gasteiger partial charge < -0.3 is 9.30 Å². The first kappa shape index (κ1) is 19.9. The molecule has 0 aliphatic rings. The zero-order valence-electron chi connectivity index (χ0n) is 16.0. The van der Waals surface area contributed by atoms with Crippen molar-refractivity contribution >= 4 is 28.9 Å². The number of aryl methyl sites for hydroxylation is 3. The van der Waals surface area contributed by atoms with Crippen LogP contribution in [0, 0.1) is 0 Å². The zero-order valence-corrected chi connectivity index (χ0v) is 16.8. The van der Waals surface area contributed by atoms with Crippen LogP contribution in [0.4, 0.5) is 0 Å². The molecule has 9 heteroatoms. The fourth-order valence-electron chi connectivity index (χ4n) is 2.97. The maximum absolute atomic E-state index is 12.5. The standard InChI is InChI=1S/C19H22N4O4S/c1-12(17(25)27-3)28-19-20-15-14(16(24)21-18(26)22(15)2)23(19)11-7-10-13-8-5-4-6-9-13/h4-6,8-9,12H,7,10-11H2,1-3H3,(H,21,24,26)/t12-/m1/s1. The molecule has 28 heavy (non-hydrogen) atoms. The summed E-state index contributed by atoms with van der Waals surface area (Å²) in [4.78, 5) is 43.0. The summed E-state index contributed by atoms with van der Waals surface area (Å²) < 4.78 is 7.87. The van der Waals surface area contributed by atoms with Crippen LogP contribution in [0.25, 0.3) is 11.2 Å². The summed E-state index contributed by atoms with van der Waals surface area (Å²) in [6, 6.07) is 10.1. The molecule has 8 nitrogen and oxygen atoms in total. The number of imidazole rings is 1. The van der Waals surface area contributed by atoms with Gasteiger partial charge >= 0.3 is 11.7 Å². The molecule has 0 radical (unpaired) electrons. The minimum Gasteiger partial charge on any atom is -0.468 e. The maximum Gasteiger partial charge on any atom is 0.329 e. The molecule has 0 fully saturated rings. The minimum absolute atomic E-state index is 0.299. The molecule has 0 saturated carbocycles. The van der Waals surface area contributed by atoms with Crippen LogP contribution in [0.2, 0.25) is 0 Å². The topological polar surface area (TPSA) is 99.0 Å². The first-order valence-electron chi connectivity index (χ1n) is 8.90. The van der Waals surface area contributed by atoms with Gasteiger partial charge in [-0.3, -0.25) is 19.1 Å². The Morgan fingerprint density at radius 3 is 2.68 bits per heavy atom. The highest BCUT2D eigenvalue weighted by atomic mass is 32.2. The predicted molar refractivity (Wildman–Crippen MR) is 108 cm³/mol. The third kappa shape index (κ3) is 4.04. The van der Waals surface area contributed by atoms with Gasteiger partial charge in [-0.25, -0.2) is 9.78 Å². The number of thioether (sulfide) groups is 1. The number of nitrogens with zero attached hydrogens (tertiary/aromatic N) is 3. The molecule has 0 unspecified atom stereocenters. The summed E-state index contributed by atoms with van der Waals surface area (Å²) in [6.07, 6.45) is 1.61. The van der Waals surface area contributed by atoms with Crippen molar-refractivity contribution in [1.82, 2.24) is 19.1 Å². The van der Waals surface area contributed by atoms with Crippen LogP contribution in [0.15, 0.2) is 45.1 Å². The van der Waals surface area contributed by atoms with Crippen LogP contribution in [0.5, 0.6) is 0 Å². The summed E-state index contributed by atoms with van der Waals surface area (Å²) in [5.74, 6) is -0.379. The number of ether oxygens (including phenoxy) is 1. The molecular formula is C19H22N4O4S. The number of methoxy groups -OCH3 is 1. The first-order valence-corrected chi connectivity index (χ1v) is 9.78. The summed E-state index contributed by atoms with van der Waals surface area (Å²) in [6.45, 7) is 2.25. The van der Waals surface area contributed by atoms with Gasteiger partial charge in [-0.15, -0.1) is 0 Å². The lowest BCUT2D eigenvalue weighted by Gasteiger charge is -2.11. The fourth-order valence-corrected chi connectivity index (χ4v) is 3.93. The highest BCUT2D eigenvalue weighted by Gasteiger charge is 2.22. The summed E-state index contributed by atoms with van der Waals surface area (Å²) in [5, 5.41) is 0.0125. The molecule has 148 valence electrons. The second kappa shape index (κ2) is 8.47. The summed E-state index contributed by atoms with van der Waals surface area (Å²) in [5.41, 5.74) is 0.819. The van der Waals surface area contributed by atoms with Gasteiger partial charge in [0.1, 0.15) is 5.25 Å². The number of esters is 1. The van der Waals surface area contributed by atoms with Crippen molar-refractivity contribution in [1.29, 1.82) is 0 Å². The summed E-state index contributed by atoms with van der Waals surface area (Å²) >= 11 is 1.21. The molecule has 0 saturated heterocycles. The Labute approximate surface area is 165 Å². The smallest absolute Gasteiger partial charge is 0.329 e. The Hall–Kier alpha value is -2.81. The Bertz CT molecular complexity index is 1100. The minimum atomic E-state index is -0.524. The number of rotatable bonds is 7. The van der Waals surface area contributed by atoms with Gasteiger partial charge in [-0.05, 0) is 25.3 Å². The molecule has 2 aromatic heterocycles. The largest absolute Gasteiger partial charge is 0.468 e. The summed E-state index contributed by atoms with van der Waals surface area (Å²) in [7, 11) is 2.89. The number of H-pyrrole nitrogens is 1. The number of hydrogen-bond acceptors (Lipinski definition) is 6. The highest BCUT2D eigenvalue weighted by molar-refractivity contribution is 8.00. The average Bonchev–Trinajstić information content (AvgIpc) is 3.05. The Morgan fingerprint density at radius 2 is 2.00 bits per heavy atom. The number of fused-ring (bicyclic) bond motifs is 1. The molecule has 3 aromatic rings. The quantitative estimate of drug-likeness (QED) is 0.477. The number of carbonyl (C=O) groups excluding carboxylic acids is 1. The Morgan fingerprint density at radius 1 is 1.29 bits per heavy atom. The van der Waals surface area contributed by atoms with Crippen molar-refractivity contribution in [3.05, 3.63) is 56.7 Å². The van der Waals surface area contributed by atoms with E-state index in [9.17, 15) is 14.4 Å². The maximum atomic E-state index is 12.5.